The fourth-order valence-electron chi connectivity index (χ4n) is 3.48. The van der Waals surface area contributed by atoms with Crippen LogP contribution in [0.25, 0.3) is 27.8 Å². The standard InChI is InChI=1S/C21H16FN5OS/c1-12-20(15-4-2-3-5-16(15)23-12)17-11-29-21(25-17)26-19(28)8-14-10-27-9-13(22)6-7-18(27)24-14/h2-7,9-11,23H,8H2,1H3,(H,25,26,28). The molecule has 0 unspecified atom stereocenters. The largest absolute Gasteiger partial charge is 0.358 e. The van der Waals surface area contributed by atoms with E-state index >= 15 is 0 Å². The van der Waals surface area contributed by atoms with Crippen molar-refractivity contribution in [2.24, 2.45) is 0 Å². The Balaban J connectivity index is 1.35. The molecular formula is C21H16FN5OS. The first-order chi connectivity index (χ1) is 14.1. The van der Waals surface area contributed by atoms with Gasteiger partial charge in [0.1, 0.15) is 11.5 Å². The number of aromatic amines is 1. The molecule has 0 spiro atoms. The third-order valence-corrected chi connectivity index (χ3v) is 5.46. The first-order valence-corrected chi connectivity index (χ1v) is 9.91. The Kier molecular flexibility index (Phi) is 4.13. The van der Waals surface area contributed by atoms with E-state index in [0.717, 1.165) is 27.9 Å². The molecule has 0 aliphatic heterocycles. The summed E-state index contributed by atoms with van der Waals surface area (Å²) in [6.07, 6.45) is 3.07. The molecule has 0 aliphatic rings. The molecule has 0 fully saturated rings. The number of halogens is 1. The lowest BCUT2D eigenvalue weighted by Crippen LogP contribution is -2.14. The van der Waals surface area contributed by atoms with Crippen molar-refractivity contribution >= 4 is 38.9 Å². The molecule has 0 saturated carbocycles. The highest BCUT2D eigenvalue weighted by Gasteiger charge is 2.15. The zero-order valence-electron chi connectivity index (χ0n) is 15.4. The molecule has 0 radical (unpaired) electrons. The van der Waals surface area contributed by atoms with Crippen molar-refractivity contribution in [3.05, 3.63) is 71.4 Å². The van der Waals surface area contributed by atoms with Gasteiger partial charge in [0.15, 0.2) is 5.13 Å². The predicted octanol–water partition coefficient (Wildman–Crippen LogP) is 4.57. The molecule has 5 aromatic rings. The summed E-state index contributed by atoms with van der Waals surface area (Å²) >= 11 is 1.38. The second kappa shape index (κ2) is 6.82. The van der Waals surface area contributed by atoms with Gasteiger partial charge in [-0.1, -0.05) is 18.2 Å². The number of imidazole rings is 1. The van der Waals surface area contributed by atoms with E-state index in [0.29, 0.717) is 16.5 Å². The van der Waals surface area contributed by atoms with Crippen LogP contribution in [-0.4, -0.2) is 25.3 Å². The minimum Gasteiger partial charge on any atom is -0.358 e. The van der Waals surface area contributed by atoms with E-state index in [1.165, 1.54) is 23.6 Å². The fourth-order valence-corrected chi connectivity index (χ4v) is 4.20. The number of hydrogen-bond acceptors (Lipinski definition) is 4. The number of thiazole rings is 1. The first-order valence-electron chi connectivity index (χ1n) is 9.03. The summed E-state index contributed by atoms with van der Waals surface area (Å²) in [5.41, 5.74) is 5.12. The van der Waals surface area contributed by atoms with Crippen LogP contribution in [0.15, 0.2) is 54.2 Å². The molecule has 144 valence electrons. The van der Waals surface area contributed by atoms with E-state index < -0.39 is 0 Å². The summed E-state index contributed by atoms with van der Waals surface area (Å²) in [5, 5.41) is 6.40. The third-order valence-electron chi connectivity index (χ3n) is 4.71. The van der Waals surface area contributed by atoms with Gasteiger partial charge >= 0.3 is 0 Å². The van der Waals surface area contributed by atoms with E-state index in [-0.39, 0.29) is 18.1 Å². The van der Waals surface area contributed by atoms with Gasteiger partial charge in [-0.05, 0) is 25.1 Å². The molecule has 1 aromatic carbocycles. The van der Waals surface area contributed by atoms with E-state index in [4.69, 9.17) is 0 Å². The number of para-hydroxylation sites is 1. The van der Waals surface area contributed by atoms with E-state index in [2.05, 4.69) is 26.3 Å². The molecule has 29 heavy (non-hydrogen) atoms. The van der Waals surface area contributed by atoms with E-state index in [1.807, 2.05) is 30.5 Å². The van der Waals surface area contributed by atoms with Crippen molar-refractivity contribution in [2.75, 3.05) is 5.32 Å². The van der Waals surface area contributed by atoms with Crippen molar-refractivity contribution in [2.45, 2.75) is 13.3 Å². The highest BCUT2D eigenvalue weighted by Crippen LogP contribution is 2.33. The lowest BCUT2D eigenvalue weighted by atomic mass is 10.1. The summed E-state index contributed by atoms with van der Waals surface area (Å²) in [6, 6.07) is 11.0. The van der Waals surface area contributed by atoms with Crippen LogP contribution in [0, 0.1) is 12.7 Å². The van der Waals surface area contributed by atoms with Crippen LogP contribution in [0.3, 0.4) is 0 Å². The number of aryl methyl sites for hydroxylation is 1. The molecule has 4 aromatic heterocycles. The van der Waals surface area contributed by atoms with Crippen LogP contribution in [0.1, 0.15) is 11.4 Å². The maximum absolute atomic E-state index is 13.3. The average Bonchev–Trinajstić information content (AvgIpc) is 3.37. The highest BCUT2D eigenvalue weighted by atomic mass is 32.1. The van der Waals surface area contributed by atoms with Gasteiger partial charge in [0, 0.05) is 39.9 Å². The Morgan fingerprint density at radius 1 is 1.21 bits per heavy atom. The number of aromatic nitrogens is 4. The number of fused-ring (bicyclic) bond motifs is 2. The summed E-state index contributed by atoms with van der Waals surface area (Å²) in [5.74, 6) is -0.570. The van der Waals surface area contributed by atoms with E-state index in [1.54, 1.807) is 16.7 Å². The highest BCUT2D eigenvalue weighted by molar-refractivity contribution is 7.14. The van der Waals surface area contributed by atoms with Crippen LogP contribution in [0.5, 0.6) is 0 Å². The van der Waals surface area contributed by atoms with Gasteiger partial charge < -0.3 is 14.7 Å². The number of hydrogen-bond donors (Lipinski definition) is 2. The number of amides is 1. The first kappa shape index (κ1) is 17.6. The summed E-state index contributed by atoms with van der Waals surface area (Å²) in [4.78, 5) is 24.7. The number of carbonyl (C=O) groups excluding carboxylic acids is 1. The number of rotatable bonds is 4. The quantitative estimate of drug-likeness (QED) is 0.460. The molecule has 0 bridgehead atoms. The Labute approximate surface area is 169 Å². The van der Waals surface area contributed by atoms with Crippen molar-refractivity contribution in [3.63, 3.8) is 0 Å². The zero-order chi connectivity index (χ0) is 20.0. The number of carbonyl (C=O) groups is 1. The number of benzene rings is 1. The van der Waals surface area contributed by atoms with Crippen molar-refractivity contribution in [1.29, 1.82) is 0 Å². The van der Waals surface area contributed by atoms with E-state index in [9.17, 15) is 9.18 Å². The Morgan fingerprint density at radius 3 is 2.97 bits per heavy atom. The van der Waals surface area contributed by atoms with Gasteiger partial charge in [-0.2, -0.15) is 0 Å². The van der Waals surface area contributed by atoms with Crippen molar-refractivity contribution in [3.8, 4) is 11.3 Å². The molecule has 0 aliphatic carbocycles. The normalized spacial score (nSPS) is 11.4. The number of anilines is 1. The Hall–Kier alpha value is -3.52. The molecular weight excluding hydrogens is 389 g/mol. The van der Waals surface area contributed by atoms with Crippen molar-refractivity contribution in [1.82, 2.24) is 19.4 Å². The van der Waals surface area contributed by atoms with Gasteiger partial charge in [-0.15, -0.1) is 11.3 Å². The zero-order valence-corrected chi connectivity index (χ0v) is 16.3. The molecule has 8 heteroatoms. The van der Waals surface area contributed by atoms with Crippen LogP contribution in [0.4, 0.5) is 9.52 Å². The maximum Gasteiger partial charge on any atom is 0.232 e. The summed E-state index contributed by atoms with van der Waals surface area (Å²) in [7, 11) is 0. The number of nitrogens with zero attached hydrogens (tertiary/aromatic N) is 3. The molecule has 1 amide bonds. The second-order valence-corrected chi connectivity index (χ2v) is 7.64. The SMILES string of the molecule is Cc1[nH]c2ccccc2c1-c1csc(NC(=O)Cc2cn3cc(F)ccc3n2)n1. The third kappa shape index (κ3) is 3.27. The van der Waals surface area contributed by atoms with Gasteiger partial charge in [0.05, 0.1) is 17.8 Å². The van der Waals surface area contributed by atoms with Crippen LogP contribution in [-0.2, 0) is 11.2 Å². The molecule has 5 rings (SSSR count). The number of H-pyrrole nitrogens is 1. The molecule has 6 nitrogen and oxygen atoms in total. The van der Waals surface area contributed by atoms with Gasteiger partial charge in [0.2, 0.25) is 5.91 Å². The van der Waals surface area contributed by atoms with Gasteiger partial charge in [0.25, 0.3) is 0 Å². The Bertz CT molecular complexity index is 1370. The van der Waals surface area contributed by atoms with Gasteiger partial charge in [-0.25, -0.2) is 14.4 Å². The lowest BCUT2D eigenvalue weighted by Gasteiger charge is -1.99. The van der Waals surface area contributed by atoms with Crippen molar-refractivity contribution < 1.29 is 9.18 Å². The lowest BCUT2D eigenvalue weighted by molar-refractivity contribution is -0.115. The van der Waals surface area contributed by atoms with Crippen LogP contribution in [0.2, 0.25) is 0 Å². The predicted molar refractivity (Wildman–Crippen MR) is 112 cm³/mol. The summed E-state index contributed by atoms with van der Waals surface area (Å²) in [6.45, 7) is 2.01. The topological polar surface area (TPSA) is 75.1 Å². The minimum absolute atomic E-state index is 0.0876. The molecule has 2 N–H and O–H groups in total. The maximum atomic E-state index is 13.3. The minimum atomic E-state index is -0.353. The van der Waals surface area contributed by atoms with Crippen LogP contribution >= 0.6 is 11.3 Å². The average molecular weight is 405 g/mol. The fraction of sp³-hybridized carbons (Fsp3) is 0.0952. The second-order valence-electron chi connectivity index (χ2n) is 6.78. The van der Waals surface area contributed by atoms with Crippen LogP contribution < -0.4 is 5.32 Å². The molecule has 0 saturated heterocycles. The monoisotopic (exact) mass is 405 g/mol. The number of pyridine rings is 1. The number of nitrogens with one attached hydrogen (secondary N) is 2. The molecule has 0 atom stereocenters. The molecule has 4 heterocycles. The smallest absolute Gasteiger partial charge is 0.232 e. The van der Waals surface area contributed by atoms with Gasteiger partial charge in [-0.3, -0.25) is 4.79 Å². The summed E-state index contributed by atoms with van der Waals surface area (Å²) < 4.78 is 14.9. The Morgan fingerprint density at radius 2 is 2.07 bits per heavy atom.